The van der Waals surface area contributed by atoms with E-state index in [1.807, 2.05) is 20.8 Å². The molecule has 0 aliphatic rings. The first-order chi connectivity index (χ1) is 8.13. The van der Waals surface area contributed by atoms with E-state index in [-0.39, 0.29) is 5.78 Å². The van der Waals surface area contributed by atoms with Crippen molar-refractivity contribution in [2.24, 2.45) is 0 Å². The van der Waals surface area contributed by atoms with E-state index in [0.29, 0.717) is 18.8 Å². The van der Waals surface area contributed by atoms with Crippen molar-refractivity contribution in [1.82, 2.24) is 0 Å². The molecule has 0 fully saturated rings. The zero-order chi connectivity index (χ0) is 12.8. The highest BCUT2D eigenvalue weighted by Gasteiger charge is 2.13. The molecular weight excluding hydrogens is 216 g/mol. The Morgan fingerprint density at radius 2 is 1.53 bits per heavy atom. The highest BCUT2D eigenvalue weighted by Crippen LogP contribution is 2.31. The topological polar surface area (TPSA) is 35.5 Å². The van der Waals surface area contributed by atoms with E-state index in [1.54, 1.807) is 19.1 Å². The fraction of sp³-hybridized carbons (Fsp3) is 0.500. The first-order valence-electron chi connectivity index (χ1n) is 6.07. The summed E-state index contributed by atoms with van der Waals surface area (Å²) in [6.45, 7) is 8.63. The molecule has 0 aromatic heterocycles. The molecule has 3 heteroatoms. The van der Waals surface area contributed by atoms with E-state index < -0.39 is 0 Å². The van der Waals surface area contributed by atoms with E-state index in [2.05, 4.69) is 0 Å². The van der Waals surface area contributed by atoms with Crippen LogP contribution in [0, 0.1) is 0 Å². The molecule has 0 radical (unpaired) electrons. The van der Waals surface area contributed by atoms with Crippen molar-refractivity contribution in [1.29, 1.82) is 0 Å². The van der Waals surface area contributed by atoms with Crippen LogP contribution < -0.4 is 9.47 Å². The Morgan fingerprint density at radius 3 is 1.82 bits per heavy atom. The van der Waals surface area contributed by atoms with Crippen LogP contribution in [-0.4, -0.2) is 19.0 Å². The van der Waals surface area contributed by atoms with E-state index in [0.717, 1.165) is 23.5 Å². The van der Waals surface area contributed by atoms with Crippen molar-refractivity contribution in [3.8, 4) is 11.5 Å². The van der Waals surface area contributed by atoms with Gasteiger partial charge in [-0.1, -0.05) is 6.92 Å². The lowest BCUT2D eigenvalue weighted by atomic mass is 10.0. The molecule has 0 amide bonds. The number of hydrogen-bond acceptors (Lipinski definition) is 3. The average molecular weight is 236 g/mol. The maximum Gasteiger partial charge on any atom is 0.160 e. The molecule has 0 atom stereocenters. The number of hydrogen-bond donors (Lipinski definition) is 0. The molecule has 17 heavy (non-hydrogen) atoms. The van der Waals surface area contributed by atoms with Crippen LogP contribution in [0.3, 0.4) is 0 Å². The lowest BCUT2D eigenvalue weighted by Gasteiger charge is -2.15. The molecule has 1 aromatic carbocycles. The first kappa shape index (κ1) is 13.6. The summed E-state index contributed by atoms with van der Waals surface area (Å²) in [5.41, 5.74) is 1.66. The summed E-state index contributed by atoms with van der Waals surface area (Å²) in [5, 5.41) is 0. The lowest BCUT2D eigenvalue weighted by molar-refractivity contribution is 0.101. The molecule has 0 spiro atoms. The summed E-state index contributed by atoms with van der Waals surface area (Å²) in [7, 11) is 0. The van der Waals surface area contributed by atoms with Gasteiger partial charge >= 0.3 is 0 Å². The van der Waals surface area contributed by atoms with Gasteiger partial charge in [-0.15, -0.1) is 0 Å². The van der Waals surface area contributed by atoms with Crippen LogP contribution in [0.15, 0.2) is 12.1 Å². The number of carbonyl (C=O) groups is 1. The quantitative estimate of drug-likeness (QED) is 0.711. The summed E-state index contributed by atoms with van der Waals surface area (Å²) < 4.78 is 11.1. The van der Waals surface area contributed by atoms with Crippen LogP contribution in [0.25, 0.3) is 0 Å². The normalized spacial score (nSPS) is 10.1. The van der Waals surface area contributed by atoms with Gasteiger partial charge in [-0.2, -0.15) is 0 Å². The molecule has 0 saturated heterocycles. The van der Waals surface area contributed by atoms with Gasteiger partial charge in [0.05, 0.1) is 13.2 Å². The van der Waals surface area contributed by atoms with Crippen molar-refractivity contribution < 1.29 is 14.3 Å². The van der Waals surface area contributed by atoms with Crippen molar-refractivity contribution >= 4 is 5.78 Å². The zero-order valence-electron chi connectivity index (χ0n) is 11.0. The predicted octanol–water partition coefficient (Wildman–Crippen LogP) is 3.25. The summed E-state index contributed by atoms with van der Waals surface area (Å²) >= 11 is 0. The number of benzene rings is 1. The first-order valence-corrected chi connectivity index (χ1v) is 6.07. The van der Waals surface area contributed by atoms with Crippen LogP contribution in [-0.2, 0) is 6.42 Å². The Kier molecular flexibility index (Phi) is 5.01. The molecule has 0 N–H and O–H groups in total. The minimum absolute atomic E-state index is 0.0227. The second-order valence-corrected chi connectivity index (χ2v) is 3.73. The van der Waals surface area contributed by atoms with Gasteiger partial charge in [0, 0.05) is 11.1 Å². The Morgan fingerprint density at radius 1 is 1.06 bits per heavy atom. The Hall–Kier alpha value is -1.51. The van der Waals surface area contributed by atoms with E-state index in [4.69, 9.17) is 9.47 Å². The van der Waals surface area contributed by atoms with Crippen LogP contribution >= 0.6 is 0 Å². The minimum atomic E-state index is 0.0227. The highest BCUT2D eigenvalue weighted by atomic mass is 16.5. The average Bonchev–Trinajstić information content (AvgIpc) is 2.29. The molecule has 1 rings (SSSR count). The van der Waals surface area contributed by atoms with Crippen LogP contribution in [0.1, 0.15) is 43.6 Å². The van der Waals surface area contributed by atoms with Crippen molar-refractivity contribution in [2.45, 2.75) is 34.1 Å². The molecular formula is C14H20O3. The molecule has 0 heterocycles. The van der Waals surface area contributed by atoms with Gasteiger partial charge in [0.1, 0.15) is 11.5 Å². The molecule has 0 unspecified atom stereocenters. The third kappa shape index (κ3) is 3.22. The number of ether oxygens (including phenoxy) is 2. The summed E-state index contributed by atoms with van der Waals surface area (Å²) in [4.78, 5) is 11.4. The van der Waals surface area contributed by atoms with Crippen molar-refractivity contribution in [2.75, 3.05) is 13.2 Å². The maximum absolute atomic E-state index is 11.4. The molecule has 1 aromatic rings. The monoisotopic (exact) mass is 236 g/mol. The van der Waals surface area contributed by atoms with E-state index in [9.17, 15) is 4.79 Å². The Bertz CT molecular complexity index is 369. The maximum atomic E-state index is 11.4. The zero-order valence-corrected chi connectivity index (χ0v) is 11.0. The number of ketones is 1. The van der Waals surface area contributed by atoms with Gasteiger partial charge in [-0.3, -0.25) is 4.79 Å². The van der Waals surface area contributed by atoms with Crippen LogP contribution in [0.2, 0.25) is 0 Å². The Balaban J connectivity index is 3.28. The minimum Gasteiger partial charge on any atom is -0.493 e. The van der Waals surface area contributed by atoms with E-state index in [1.165, 1.54) is 0 Å². The standard InChI is InChI=1S/C14H20O3/c1-5-12-13(16-6-2)8-11(10(4)15)9-14(12)17-7-3/h8-9H,5-7H2,1-4H3. The molecule has 0 bridgehead atoms. The van der Waals surface area contributed by atoms with Crippen LogP contribution in [0.4, 0.5) is 0 Å². The Labute approximate surface area is 103 Å². The van der Waals surface area contributed by atoms with Gasteiger partial charge in [-0.25, -0.2) is 0 Å². The SMILES string of the molecule is CCOc1cc(C(C)=O)cc(OCC)c1CC. The molecule has 0 aliphatic carbocycles. The summed E-state index contributed by atoms with van der Waals surface area (Å²) in [6, 6.07) is 3.60. The highest BCUT2D eigenvalue weighted by molar-refractivity contribution is 5.95. The number of carbonyl (C=O) groups excluding carboxylic acids is 1. The van der Waals surface area contributed by atoms with Crippen molar-refractivity contribution in [3.63, 3.8) is 0 Å². The van der Waals surface area contributed by atoms with Gasteiger partial charge in [0.25, 0.3) is 0 Å². The van der Waals surface area contributed by atoms with E-state index >= 15 is 0 Å². The second-order valence-electron chi connectivity index (χ2n) is 3.73. The number of Topliss-reactive ketones (excluding diaryl/α,β-unsaturated/α-hetero) is 1. The smallest absolute Gasteiger partial charge is 0.160 e. The van der Waals surface area contributed by atoms with Gasteiger partial charge in [0.15, 0.2) is 5.78 Å². The van der Waals surface area contributed by atoms with Gasteiger partial charge < -0.3 is 9.47 Å². The largest absolute Gasteiger partial charge is 0.493 e. The number of rotatable bonds is 6. The van der Waals surface area contributed by atoms with Crippen molar-refractivity contribution in [3.05, 3.63) is 23.3 Å². The molecule has 0 aliphatic heterocycles. The van der Waals surface area contributed by atoms with Gasteiger partial charge in [-0.05, 0) is 39.3 Å². The fourth-order valence-electron chi connectivity index (χ4n) is 1.74. The predicted molar refractivity (Wildman–Crippen MR) is 68.2 cm³/mol. The third-order valence-electron chi connectivity index (χ3n) is 2.53. The summed E-state index contributed by atoms with van der Waals surface area (Å²) in [6.07, 6.45) is 0.822. The third-order valence-corrected chi connectivity index (χ3v) is 2.53. The second kappa shape index (κ2) is 6.28. The van der Waals surface area contributed by atoms with Crippen LogP contribution in [0.5, 0.6) is 11.5 Å². The molecule has 0 saturated carbocycles. The fourth-order valence-corrected chi connectivity index (χ4v) is 1.74. The lowest BCUT2D eigenvalue weighted by Crippen LogP contribution is -2.04. The summed E-state index contributed by atoms with van der Waals surface area (Å²) in [5.74, 6) is 1.53. The van der Waals surface area contributed by atoms with Gasteiger partial charge in [0.2, 0.25) is 0 Å². The molecule has 3 nitrogen and oxygen atoms in total. The molecule has 94 valence electrons.